The molecule has 1 aromatic carbocycles. The van der Waals surface area contributed by atoms with Crippen LogP contribution in [0.2, 0.25) is 0 Å². The molecule has 0 radical (unpaired) electrons. The van der Waals surface area contributed by atoms with Crippen LogP contribution >= 0.6 is 40.7 Å². The number of aromatic nitrogens is 1. The molecular formula is C16H18BrCl2N3O2. The number of carbonyl (C=O) groups is 1. The van der Waals surface area contributed by atoms with Crippen molar-refractivity contribution in [3.63, 3.8) is 0 Å². The van der Waals surface area contributed by atoms with Crippen molar-refractivity contribution in [2.24, 2.45) is 5.92 Å². The van der Waals surface area contributed by atoms with Gasteiger partial charge in [0.05, 0.1) is 0 Å². The second kappa shape index (κ2) is 9.84. The number of amides is 1. The number of hydrogen-bond donors (Lipinski definition) is 2. The largest absolute Gasteiger partial charge is 0.438 e. The number of benzene rings is 1. The van der Waals surface area contributed by atoms with E-state index in [2.05, 4.69) is 31.5 Å². The lowest BCUT2D eigenvalue weighted by molar-refractivity contribution is 0.0939. The van der Waals surface area contributed by atoms with E-state index < -0.39 is 0 Å². The second-order valence-corrected chi connectivity index (χ2v) is 6.06. The zero-order valence-electron chi connectivity index (χ0n) is 12.7. The first kappa shape index (κ1) is 20.7. The van der Waals surface area contributed by atoms with Crippen molar-refractivity contribution in [1.82, 2.24) is 15.6 Å². The highest BCUT2D eigenvalue weighted by Crippen LogP contribution is 2.24. The number of hydrogen-bond acceptors (Lipinski definition) is 4. The average Bonchev–Trinajstić information content (AvgIpc) is 2.48. The Hall–Kier alpha value is -1.34. The number of carbonyl (C=O) groups excluding carboxylic acids is 1. The lowest BCUT2D eigenvalue weighted by atomic mass is 10.0. The molecule has 1 amide bonds. The molecule has 1 saturated heterocycles. The number of ether oxygens (including phenoxy) is 1. The molecule has 8 heteroatoms. The molecule has 1 aliphatic heterocycles. The molecule has 0 saturated carbocycles. The summed E-state index contributed by atoms with van der Waals surface area (Å²) in [4.78, 5) is 16.5. The first-order valence-corrected chi connectivity index (χ1v) is 7.89. The SMILES string of the molecule is Cl.Cl.O=C(NCC1CNC1)c1cccnc1Oc1ccc(Br)cc1. The molecule has 130 valence electrons. The fraction of sp³-hybridized carbons (Fsp3) is 0.250. The fourth-order valence-corrected chi connectivity index (χ4v) is 2.35. The summed E-state index contributed by atoms with van der Waals surface area (Å²) in [5.74, 6) is 1.30. The summed E-state index contributed by atoms with van der Waals surface area (Å²) in [6.45, 7) is 2.57. The van der Waals surface area contributed by atoms with E-state index in [1.807, 2.05) is 24.3 Å². The topological polar surface area (TPSA) is 63.2 Å². The van der Waals surface area contributed by atoms with Crippen molar-refractivity contribution >= 4 is 46.7 Å². The van der Waals surface area contributed by atoms with Gasteiger partial charge >= 0.3 is 0 Å². The maximum absolute atomic E-state index is 12.3. The summed E-state index contributed by atoms with van der Waals surface area (Å²) in [5, 5.41) is 6.11. The highest BCUT2D eigenvalue weighted by molar-refractivity contribution is 9.10. The van der Waals surface area contributed by atoms with Gasteiger partial charge < -0.3 is 15.4 Å². The Labute approximate surface area is 161 Å². The van der Waals surface area contributed by atoms with E-state index in [4.69, 9.17) is 4.74 Å². The van der Waals surface area contributed by atoms with Crippen molar-refractivity contribution in [3.8, 4) is 11.6 Å². The number of nitrogens with zero attached hydrogens (tertiary/aromatic N) is 1. The van der Waals surface area contributed by atoms with E-state index in [0.29, 0.717) is 29.7 Å². The molecule has 3 rings (SSSR count). The Bertz CT molecular complexity index is 667. The van der Waals surface area contributed by atoms with Crippen LogP contribution in [0.5, 0.6) is 11.6 Å². The summed E-state index contributed by atoms with van der Waals surface area (Å²) in [6, 6.07) is 10.8. The van der Waals surface area contributed by atoms with Crippen LogP contribution in [0.1, 0.15) is 10.4 Å². The monoisotopic (exact) mass is 433 g/mol. The Balaban J connectivity index is 0.00000144. The van der Waals surface area contributed by atoms with Crippen LogP contribution in [-0.2, 0) is 0 Å². The Morgan fingerprint density at radius 1 is 1.25 bits per heavy atom. The van der Waals surface area contributed by atoms with Crippen LogP contribution in [-0.4, -0.2) is 30.5 Å². The van der Waals surface area contributed by atoms with Gasteiger partial charge in [-0.3, -0.25) is 4.79 Å². The first-order valence-electron chi connectivity index (χ1n) is 7.10. The molecule has 1 aliphatic rings. The quantitative estimate of drug-likeness (QED) is 0.756. The highest BCUT2D eigenvalue weighted by atomic mass is 79.9. The Kier molecular flexibility index (Phi) is 8.48. The predicted molar refractivity (Wildman–Crippen MR) is 102 cm³/mol. The zero-order chi connectivity index (χ0) is 15.4. The molecule has 24 heavy (non-hydrogen) atoms. The van der Waals surface area contributed by atoms with Gasteiger partial charge in [0.15, 0.2) is 0 Å². The van der Waals surface area contributed by atoms with Gasteiger partial charge in [0, 0.05) is 36.2 Å². The van der Waals surface area contributed by atoms with Crippen molar-refractivity contribution in [2.45, 2.75) is 0 Å². The molecule has 0 aliphatic carbocycles. The van der Waals surface area contributed by atoms with Crippen LogP contribution in [0, 0.1) is 5.92 Å². The summed E-state index contributed by atoms with van der Waals surface area (Å²) in [5.41, 5.74) is 0.442. The van der Waals surface area contributed by atoms with Gasteiger partial charge in [-0.2, -0.15) is 0 Å². The molecule has 5 nitrogen and oxygen atoms in total. The number of rotatable bonds is 5. The molecule has 1 fully saturated rings. The number of nitrogens with one attached hydrogen (secondary N) is 2. The molecular weight excluding hydrogens is 417 g/mol. The van der Waals surface area contributed by atoms with Gasteiger partial charge in [0.1, 0.15) is 11.3 Å². The summed E-state index contributed by atoms with van der Waals surface area (Å²) in [7, 11) is 0. The third kappa shape index (κ3) is 5.34. The van der Waals surface area contributed by atoms with Crippen molar-refractivity contribution in [2.75, 3.05) is 19.6 Å². The standard InChI is InChI=1S/C16H16BrN3O2.2ClH/c17-12-3-5-13(6-4-12)22-16-14(2-1-7-19-16)15(21)20-10-11-8-18-9-11;;/h1-7,11,18H,8-10H2,(H,20,21);2*1H. The minimum atomic E-state index is -0.160. The Morgan fingerprint density at radius 3 is 2.58 bits per heavy atom. The van der Waals surface area contributed by atoms with E-state index >= 15 is 0 Å². The van der Waals surface area contributed by atoms with E-state index in [-0.39, 0.29) is 30.7 Å². The number of pyridine rings is 1. The average molecular weight is 435 g/mol. The van der Waals surface area contributed by atoms with Crippen molar-refractivity contribution in [3.05, 3.63) is 52.6 Å². The normalized spacial score (nSPS) is 13.0. The van der Waals surface area contributed by atoms with Crippen LogP contribution in [0.4, 0.5) is 0 Å². The maximum atomic E-state index is 12.3. The van der Waals surface area contributed by atoms with Gasteiger partial charge in [0.2, 0.25) is 5.88 Å². The summed E-state index contributed by atoms with van der Waals surface area (Å²) >= 11 is 3.37. The van der Waals surface area contributed by atoms with Crippen LogP contribution in [0.25, 0.3) is 0 Å². The first-order chi connectivity index (χ1) is 10.7. The number of halogens is 3. The predicted octanol–water partition coefficient (Wildman–Crippen LogP) is 3.43. The molecule has 2 heterocycles. The van der Waals surface area contributed by atoms with E-state index in [0.717, 1.165) is 17.6 Å². The maximum Gasteiger partial charge on any atom is 0.256 e. The van der Waals surface area contributed by atoms with Crippen LogP contribution < -0.4 is 15.4 Å². The Morgan fingerprint density at radius 2 is 1.96 bits per heavy atom. The zero-order valence-corrected chi connectivity index (χ0v) is 15.9. The van der Waals surface area contributed by atoms with Gasteiger partial charge in [-0.25, -0.2) is 4.98 Å². The van der Waals surface area contributed by atoms with Crippen LogP contribution in [0.3, 0.4) is 0 Å². The van der Waals surface area contributed by atoms with E-state index in [1.54, 1.807) is 18.3 Å². The van der Waals surface area contributed by atoms with Gasteiger partial charge in [-0.05, 0) is 36.4 Å². The molecule has 0 spiro atoms. The van der Waals surface area contributed by atoms with Crippen LogP contribution in [0.15, 0.2) is 47.1 Å². The molecule has 0 atom stereocenters. The van der Waals surface area contributed by atoms with Crippen molar-refractivity contribution in [1.29, 1.82) is 0 Å². The highest BCUT2D eigenvalue weighted by Gasteiger charge is 2.19. The van der Waals surface area contributed by atoms with Gasteiger partial charge in [-0.15, -0.1) is 24.8 Å². The smallest absolute Gasteiger partial charge is 0.256 e. The van der Waals surface area contributed by atoms with E-state index in [9.17, 15) is 4.79 Å². The van der Waals surface area contributed by atoms with Crippen molar-refractivity contribution < 1.29 is 9.53 Å². The third-order valence-electron chi connectivity index (χ3n) is 3.46. The molecule has 1 aromatic heterocycles. The molecule has 2 aromatic rings. The molecule has 0 bridgehead atoms. The summed E-state index contributed by atoms with van der Waals surface area (Å²) < 4.78 is 6.69. The summed E-state index contributed by atoms with van der Waals surface area (Å²) in [6.07, 6.45) is 1.61. The molecule has 0 unspecified atom stereocenters. The van der Waals surface area contributed by atoms with E-state index in [1.165, 1.54) is 0 Å². The van der Waals surface area contributed by atoms with Gasteiger partial charge in [-0.1, -0.05) is 15.9 Å². The van der Waals surface area contributed by atoms with Gasteiger partial charge in [0.25, 0.3) is 5.91 Å². The third-order valence-corrected chi connectivity index (χ3v) is 3.99. The second-order valence-electron chi connectivity index (χ2n) is 5.15. The fourth-order valence-electron chi connectivity index (χ4n) is 2.08. The lowest BCUT2D eigenvalue weighted by Crippen LogP contribution is -2.48. The minimum Gasteiger partial charge on any atom is -0.438 e. The minimum absolute atomic E-state index is 0. The molecule has 2 N–H and O–H groups in total. The lowest BCUT2D eigenvalue weighted by Gasteiger charge is -2.27.